The molecule has 134 valence electrons. The Morgan fingerprint density at radius 3 is 2.73 bits per heavy atom. The summed E-state index contributed by atoms with van der Waals surface area (Å²) in [5, 5.41) is 0. The highest BCUT2D eigenvalue weighted by Gasteiger charge is 2.22. The number of hydrogen-bond donors (Lipinski definition) is 1. The number of likely N-dealkylation sites (tertiary alicyclic amines) is 1. The molecule has 1 aliphatic rings. The molecule has 0 bridgehead atoms. The van der Waals surface area contributed by atoms with E-state index in [9.17, 15) is 0 Å². The van der Waals surface area contributed by atoms with Gasteiger partial charge in [-0.15, -0.1) is 0 Å². The Kier molecular flexibility index (Phi) is 4.73. The van der Waals surface area contributed by atoms with E-state index < -0.39 is 0 Å². The Hall–Kier alpha value is -2.63. The number of nitrogens with zero attached hydrogens (tertiary/aromatic N) is 2. The number of aromatic nitrogens is 1. The van der Waals surface area contributed by atoms with Gasteiger partial charge in [0.2, 0.25) is 5.89 Å². The molecule has 2 aromatic carbocycles. The van der Waals surface area contributed by atoms with Crippen molar-refractivity contribution in [1.82, 2.24) is 9.88 Å². The van der Waals surface area contributed by atoms with E-state index in [1.165, 1.54) is 0 Å². The summed E-state index contributed by atoms with van der Waals surface area (Å²) in [5.41, 5.74) is 7.88. The van der Waals surface area contributed by atoms with Gasteiger partial charge in [0.1, 0.15) is 17.3 Å². The molecule has 1 atom stereocenters. The summed E-state index contributed by atoms with van der Waals surface area (Å²) in [5.74, 6) is 3.05. The van der Waals surface area contributed by atoms with Crippen LogP contribution >= 0.6 is 0 Å². The molecule has 3 aromatic rings. The molecule has 5 heteroatoms. The number of nitrogens with two attached hydrogens (primary N) is 1. The van der Waals surface area contributed by atoms with Crippen molar-refractivity contribution in [1.29, 1.82) is 0 Å². The number of ether oxygens (including phenoxy) is 1. The molecule has 4 rings (SSSR count). The molecule has 1 aliphatic heterocycles. The van der Waals surface area contributed by atoms with Gasteiger partial charge in [0, 0.05) is 31.2 Å². The third-order valence-corrected chi connectivity index (χ3v) is 4.63. The van der Waals surface area contributed by atoms with Gasteiger partial charge >= 0.3 is 0 Å². The number of hydrogen-bond acceptors (Lipinski definition) is 5. The summed E-state index contributed by atoms with van der Waals surface area (Å²) in [6, 6.07) is 17.8. The Bertz CT molecular complexity index is 876. The van der Waals surface area contributed by atoms with E-state index in [0.29, 0.717) is 5.89 Å². The van der Waals surface area contributed by atoms with Gasteiger partial charge in [-0.25, -0.2) is 4.98 Å². The van der Waals surface area contributed by atoms with Crippen LogP contribution in [0.1, 0.15) is 17.9 Å². The van der Waals surface area contributed by atoms with Crippen LogP contribution in [0.25, 0.3) is 11.5 Å². The summed E-state index contributed by atoms with van der Waals surface area (Å²) < 4.78 is 11.8. The molecule has 26 heavy (non-hydrogen) atoms. The molecular formula is C21H23N3O2. The van der Waals surface area contributed by atoms with Gasteiger partial charge in [-0.05, 0) is 43.7 Å². The van der Waals surface area contributed by atoms with Crippen LogP contribution in [-0.4, -0.2) is 29.0 Å². The third kappa shape index (κ3) is 3.79. The number of rotatable bonds is 5. The van der Waals surface area contributed by atoms with Gasteiger partial charge in [-0.3, -0.25) is 4.90 Å². The maximum absolute atomic E-state index is 5.99. The minimum atomic E-state index is 0.272. The Labute approximate surface area is 153 Å². The zero-order valence-corrected chi connectivity index (χ0v) is 14.9. The highest BCUT2D eigenvalue weighted by molar-refractivity contribution is 5.57. The molecule has 0 aliphatic carbocycles. The van der Waals surface area contributed by atoms with Crippen LogP contribution in [0, 0.1) is 6.92 Å². The van der Waals surface area contributed by atoms with Crippen molar-refractivity contribution in [2.75, 3.05) is 13.1 Å². The van der Waals surface area contributed by atoms with Crippen LogP contribution in [0.5, 0.6) is 11.5 Å². The second-order valence-electron chi connectivity index (χ2n) is 6.75. The van der Waals surface area contributed by atoms with Crippen LogP contribution in [0.3, 0.4) is 0 Å². The van der Waals surface area contributed by atoms with Crippen LogP contribution in [-0.2, 0) is 6.54 Å². The molecule has 2 N–H and O–H groups in total. The SMILES string of the molecule is Cc1oc(-c2cccc(Oc3ccccc3)c2)nc1CN1CCC(N)C1. The second-order valence-corrected chi connectivity index (χ2v) is 6.75. The largest absolute Gasteiger partial charge is 0.457 e. The maximum atomic E-state index is 5.99. The first-order chi connectivity index (χ1) is 12.7. The highest BCUT2D eigenvalue weighted by atomic mass is 16.5. The van der Waals surface area contributed by atoms with E-state index in [2.05, 4.69) is 4.90 Å². The molecule has 1 unspecified atom stereocenters. The first-order valence-corrected chi connectivity index (χ1v) is 8.95. The fourth-order valence-corrected chi connectivity index (χ4v) is 3.23. The van der Waals surface area contributed by atoms with E-state index in [-0.39, 0.29) is 6.04 Å². The Balaban J connectivity index is 1.52. The Morgan fingerprint density at radius 2 is 1.96 bits per heavy atom. The second kappa shape index (κ2) is 7.32. The molecule has 1 aromatic heterocycles. The molecule has 5 nitrogen and oxygen atoms in total. The Morgan fingerprint density at radius 1 is 1.15 bits per heavy atom. The molecular weight excluding hydrogens is 326 g/mol. The monoisotopic (exact) mass is 349 g/mol. The van der Waals surface area contributed by atoms with E-state index >= 15 is 0 Å². The van der Waals surface area contributed by atoms with E-state index in [1.807, 2.05) is 61.5 Å². The normalized spacial score (nSPS) is 17.5. The van der Waals surface area contributed by atoms with Crippen molar-refractivity contribution < 1.29 is 9.15 Å². The van der Waals surface area contributed by atoms with Crippen molar-refractivity contribution in [3.63, 3.8) is 0 Å². The lowest BCUT2D eigenvalue weighted by Crippen LogP contribution is -2.26. The van der Waals surface area contributed by atoms with Gasteiger partial charge in [0.25, 0.3) is 0 Å². The fraction of sp³-hybridized carbons (Fsp3) is 0.286. The molecule has 0 spiro atoms. The van der Waals surface area contributed by atoms with Gasteiger partial charge in [0.15, 0.2) is 0 Å². The molecule has 0 radical (unpaired) electrons. The first-order valence-electron chi connectivity index (χ1n) is 8.95. The number of benzene rings is 2. The standard InChI is InChI=1S/C21H23N3O2/c1-15-20(14-24-11-10-17(22)13-24)23-21(25-15)16-6-5-9-19(12-16)26-18-7-3-2-4-8-18/h2-9,12,17H,10-11,13-14,22H2,1H3. The quantitative estimate of drug-likeness (QED) is 0.755. The lowest BCUT2D eigenvalue weighted by molar-refractivity contribution is 0.321. The van der Waals surface area contributed by atoms with Crippen molar-refractivity contribution in [3.8, 4) is 23.0 Å². The topological polar surface area (TPSA) is 64.5 Å². The zero-order chi connectivity index (χ0) is 17.9. The predicted molar refractivity (Wildman–Crippen MR) is 101 cm³/mol. The number of para-hydroxylation sites is 1. The zero-order valence-electron chi connectivity index (χ0n) is 14.9. The summed E-state index contributed by atoms with van der Waals surface area (Å²) >= 11 is 0. The van der Waals surface area contributed by atoms with Crippen LogP contribution in [0.4, 0.5) is 0 Å². The summed E-state index contributed by atoms with van der Waals surface area (Å²) in [6.45, 7) is 4.68. The molecule has 1 fully saturated rings. The van der Waals surface area contributed by atoms with Crippen LogP contribution in [0.15, 0.2) is 59.0 Å². The lowest BCUT2D eigenvalue weighted by Gasteiger charge is -2.12. The third-order valence-electron chi connectivity index (χ3n) is 4.63. The van der Waals surface area contributed by atoms with Crippen LogP contribution in [0.2, 0.25) is 0 Å². The van der Waals surface area contributed by atoms with Crippen molar-refractivity contribution >= 4 is 0 Å². The summed E-state index contributed by atoms with van der Waals surface area (Å²) in [6.07, 6.45) is 1.04. The molecule has 2 heterocycles. The molecule has 0 saturated carbocycles. The number of aryl methyl sites for hydroxylation is 1. The van der Waals surface area contributed by atoms with E-state index in [1.54, 1.807) is 0 Å². The van der Waals surface area contributed by atoms with Crippen LogP contribution < -0.4 is 10.5 Å². The van der Waals surface area contributed by atoms with Crippen molar-refractivity contribution in [3.05, 3.63) is 66.1 Å². The average Bonchev–Trinajstić information content (AvgIpc) is 3.22. The first kappa shape index (κ1) is 16.8. The minimum Gasteiger partial charge on any atom is -0.457 e. The van der Waals surface area contributed by atoms with Crippen molar-refractivity contribution in [2.45, 2.75) is 25.9 Å². The smallest absolute Gasteiger partial charge is 0.226 e. The highest BCUT2D eigenvalue weighted by Crippen LogP contribution is 2.28. The van der Waals surface area contributed by atoms with Gasteiger partial charge in [0.05, 0.1) is 5.69 Å². The van der Waals surface area contributed by atoms with E-state index in [4.69, 9.17) is 19.9 Å². The summed E-state index contributed by atoms with van der Waals surface area (Å²) in [7, 11) is 0. The molecule has 0 amide bonds. The van der Waals surface area contributed by atoms with Crippen molar-refractivity contribution in [2.24, 2.45) is 5.73 Å². The minimum absolute atomic E-state index is 0.272. The molecule has 1 saturated heterocycles. The number of oxazole rings is 1. The maximum Gasteiger partial charge on any atom is 0.226 e. The summed E-state index contributed by atoms with van der Waals surface area (Å²) in [4.78, 5) is 7.04. The van der Waals surface area contributed by atoms with Gasteiger partial charge in [-0.1, -0.05) is 24.3 Å². The van der Waals surface area contributed by atoms with Gasteiger partial charge in [-0.2, -0.15) is 0 Å². The fourth-order valence-electron chi connectivity index (χ4n) is 3.23. The average molecular weight is 349 g/mol. The van der Waals surface area contributed by atoms with Gasteiger partial charge < -0.3 is 14.9 Å². The lowest BCUT2D eigenvalue weighted by atomic mass is 10.2. The predicted octanol–water partition coefficient (Wildman–Crippen LogP) is 3.98. The van der Waals surface area contributed by atoms with E-state index in [0.717, 1.165) is 54.6 Å².